The monoisotopic (exact) mass is 367 g/mol. The van der Waals surface area contributed by atoms with Crippen LogP contribution in [0.3, 0.4) is 0 Å². The summed E-state index contributed by atoms with van der Waals surface area (Å²) in [5, 5.41) is 13.3. The van der Waals surface area contributed by atoms with Gasteiger partial charge in [0.05, 0.1) is 17.6 Å². The van der Waals surface area contributed by atoms with Crippen LogP contribution >= 0.6 is 0 Å². The van der Waals surface area contributed by atoms with E-state index in [1.54, 1.807) is 6.07 Å². The second-order valence-corrected chi connectivity index (χ2v) is 6.85. The summed E-state index contributed by atoms with van der Waals surface area (Å²) >= 11 is 0. The fourth-order valence-electron chi connectivity index (χ4n) is 2.85. The molecular formula is C22H25NO4. The minimum Gasteiger partial charge on any atom is -0.508 e. The number of phenolic OH excluding ortho intramolecular Hbond substituents is 1. The fraction of sp³-hybridized carbons (Fsp3) is 0.318. The number of phenols is 1. The zero-order valence-corrected chi connectivity index (χ0v) is 15.7. The smallest absolute Gasteiger partial charge is 0.200 e. The van der Waals surface area contributed by atoms with Crippen LogP contribution in [0.4, 0.5) is 0 Å². The Morgan fingerprint density at radius 2 is 1.89 bits per heavy atom. The Kier molecular flexibility index (Phi) is 6.14. The highest BCUT2D eigenvalue weighted by Crippen LogP contribution is 2.24. The Labute approximate surface area is 158 Å². The average molecular weight is 367 g/mol. The maximum atomic E-state index is 12.7. The molecule has 0 bridgehead atoms. The first-order valence-electron chi connectivity index (χ1n) is 9.26. The van der Waals surface area contributed by atoms with Crippen LogP contribution < -0.4 is 15.5 Å². The lowest BCUT2D eigenvalue weighted by molar-refractivity contribution is 0.305. The molecule has 1 aromatic heterocycles. The molecule has 0 saturated carbocycles. The maximum Gasteiger partial charge on any atom is 0.200 e. The van der Waals surface area contributed by atoms with Crippen molar-refractivity contribution in [1.29, 1.82) is 0 Å². The largest absolute Gasteiger partial charge is 0.508 e. The first-order chi connectivity index (χ1) is 13.0. The van der Waals surface area contributed by atoms with Crippen molar-refractivity contribution in [2.45, 2.75) is 32.7 Å². The van der Waals surface area contributed by atoms with Gasteiger partial charge >= 0.3 is 0 Å². The summed E-state index contributed by atoms with van der Waals surface area (Å²) in [5.41, 5.74) is 1.50. The van der Waals surface area contributed by atoms with Gasteiger partial charge in [-0.1, -0.05) is 26.0 Å². The molecule has 0 aliphatic carbocycles. The molecule has 0 spiro atoms. The van der Waals surface area contributed by atoms with E-state index < -0.39 is 0 Å². The minimum absolute atomic E-state index is 0.0693. The highest BCUT2D eigenvalue weighted by atomic mass is 16.5. The van der Waals surface area contributed by atoms with Crippen LogP contribution in [-0.4, -0.2) is 24.3 Å². The highest BCUT2D eigenvalue weighted by Gasteiger charge is 2.10. The molecule has 142 valence electrons. The van der Waals surface area contributed by atoms with E-state index in [0.29, 0.717) is 29.2 Å². The molecule has 2 N–H and O–H groups in total. The SMILES string of the molecule is CC(C)NCCCCOc1ccc(-c2coc3cc(O)ccc3c2=O)cc1. The summed E-state index contributed by atoms with van der Waals surface area (Å²) in [5.74, 6) is 0.852. The molecule has 0 saturated heterocycles. The maximum absolute atomic E-state index is 12.7. The van der Waals surface area contributed by atoms with Crippen LogP contribution in [-0.2, 0) is 0 Å². The standard InChI is InChI=1S/C22H25NO4/c1-15(2)23-11-3-4-12-26-18-8-5-16(6-9-18)20-14-27-21-13-17(24)7-10-19(21)22(20)25/h5-10,13-15,23-24H,3-4,11-12H2,1-2H3. The molecule has 3 aromatic rings. The Morgan fingerprint density at radius 3 is 2.63 bits per heavy atom. The molecule has 0 amide bonds. The molecule has 5 nitrogen and oxygen atoms in total. The van der Waals surface area contributed by atoms with Gasteiger partial charge in [-0.05, 0) is 49.2 Å². The third kappa shape index (κ3) is 4.89. The van der Waals surface area contributed by atoms with E-state index in [1.165, 1.54) is 18.4 Å². The van der Waals surface area contributed by atoms with Crippen LogP contribution in [0.2, 0.25) is 0 Å². The molecular weight excluding hydrogens is 342 g/mol. The van der Waals surface area contributed by atoms with Gasteiger partial charge in [-0.2, -0.15) is 0 Å². The van der Waals surface area contributed by atoms with E-state index in [2.05, 4.69) is 19.2 Å². The Balaban J connectivity index is 1.64. The molecule has 2 aromatic carbocycles. The third-order valence-electron chi connectivity index (χ3n) is 4.32. The summed E-state index contributed by atoms with van der Waals surface area (Å²) in [6.45, 7) is 5.94. The lowest BCUT2D eigenvalue weighted by Crippen LogP contribution is -2.23. The second-order valence-electron chi connectivity index (χ2n) is 6.85. The molecule has 0 atom stereocenters. The topological polar surface area (TPSA) is 71.7 Å². The number of rotatable bonds is 8. The van der Waals surface area contributed by atoms with Crippen molar-refractivity contribution in [3.8, 4) is 22.6 Å². The zero-order valence-electron chi connectivity index (χ0n) is 15.7. The van der Waals surface area contributed by atoms with Crippen molar-refractivity contribution in [2.24, 2.45) is 0 Å². The predicted molar refractivity (Wildman–Crippen MR) is 107 cm³/mol. The lowest BCUT2D eigenvalue weighted by atomic mass is 10.1. The van der Waals surface area contributed by atoms with Crippen molar-refractivity contribution < 1.29 is 14.3 Å². The third-order valence-corrected chi connectivity index (χ3v) is 4.32. The van der Waals surface area contributed by atoms with Gasteiger partial charge in [0.1, 0.15) is 23.3 Å². The highest BCUT2D eigenvalue weighted by molar-refractivity contribution is 5.82. The number of aromatic hydroxyl groups is 1. The van der Waals surface area contributed by atoms with E-state index in [-0.39, 0.29) is 11.2 Å². The number of unbranched alkanes of at least 4 members (excludes halogenated alkanes) is 1. The Morgan fingerprint density at radius 1 is 1.11 bits per heavy atom. The van der Waals surface area contributed by atoms with E-state index in [0.717, 1.165) is 30.7 Å². The lowest BCUT2D eigenvalue weighted by Gasteiger charge is -2.09. The van der Waals surface area contributed by atoms with Gasteiger partial charge in [0, 0.05) is 12.1 Å². The average Bonchev–Trinajstić information content (AvgIpc) is 2.65. The van der Waals surface area contributed by atoms with E-state index in [9.17, 15) is 9.90 Å². The van der Waals surface area contributed by atoms with Gasteiger partial charge in [-0.3, -0.25) is 4.79 Å². The summed E-state index contributed by atoms with van der Waals surface area (Å²) < 4.78 is 11.3. The van der Waals surface area contributed by atoms with Crippen molar-refractivity contribution in [2.75, 3.05) is 13.2 Å². The predicted octanol–water partition coefficient (Wildman–Crippen LogP) is 4.32. The van der Waals surface area contributed by atoms with E-state index in [4.69, 9.17) is 9.15 Å². The van der Waals surface area contributed by atoms with Crippen LogP contribution in [0.15, 0.2) is 57.9 Å². The summed E-state index contributed by atoms with van der Waals surface area (Å²) in [6.07, 6.45) is 3.49. The first-order valence-corrected chi connectivity index (χ1v) is 9.26. The quantitative estimate of drug-likeness (QED) is 0.580. The van der Waals surface area contributed by atoms with Crippen LogP contribution in [0, 0.1) is 0 Å². The van der Waals surface area contributed by atoms with Crippen molar-refractivity contribution >= 4 is 11.0 Å². The number of nitrogens with one attached hydrogen (secondary N) is 1. The number of benzene rings is 2. The van der Waals surface area contributed by atoms with Gasteiger partial charge in [-0.25, -0.2) is 0 Å². The summed E-state index contributed by atoms with van der Waals surface area (Å²) in [6, 6.07) is 12.4. The van der Waals surface area contributed by atoms with Gasteiger partial charge in [0.15, 0.2) is 5.43 Å². The van der Waals surface area contributed by atoms with Crippen LogP contribution in [0.1, 0.15) is 26.7 Å². The summed E-state index contributed by atoms with van der Waals surface area (Å²) in [4.78, 5) is 12.7. The number of ether oxygens (including phenoxy) is 1. The molecule has 0 fully saturated rings. The van der Waals surface area contributed by atoms with Gasteiger partial charge in [-0.15, -0.1) is 0 Å². The number of hydrogen-bond acceptors (Lipinski definition) is 5. The van der Waals surface area contributed by atoms with Crippen LogP contribution in [0.25, 0.3) is 22.1 Å². The molecule has 0 radical (unpaired) electrons. The van der Waals surface area contributed by atoms with Gasteiger partial charge in [0.2, 0.25) is 0 Å². The molecule has 27 heavy (non-hydrogen) atoms. The fourth-order valence-corrected chi connectivity index (χ4v) is 2.85. The molecule has 5 heteroatoms. The Bertz CT molecular complexity index is 945. The minimum atomic E-state index is -0.123. The molecule has 1 heterocycles. The summed E-state index contributed by atoms with van der Waals surface area (Å²) in [7, 11) is 0. The second kappa shape index (κ2) is 8.73. The molecule has 0 aliphatic rings. The van der Waals surface area contributed by atoms with Crippen LogP contribution in [0.5, 0.6) is 11.5 Å². The number of fused-ring (bicyclic) bond motifs is 1. The van der Waals surface area contributed by atoms with Gasteiger partial charge < -0.3 is 19.6 Å². The molecule has 3 rings (SSSR count). The normalized spacial score (nSPS) is 11.2. The van der Waals surface area contributed by atoms with Crippen molar-refractivity contribution in [1.82, 2.24) is 5.32 Å². The Hall–Kier alpha value is -2.79. The molecule has 0 aliphatic heterocycles. The number of hydrogen-bond donors (Lipinski definition) is 2. The van der Waals surface area contributed by atoms with Crippen molar-refractivity contribution in [3.05, 3.63) is 59.0 Å². The van der Waals surface area contributed by atoms with Gasteiger partial charge in [0.25, 0.3) is 0 Å². The molecule has 0 unspecified atom stereocenters. The van der Waals surface area contributed by atoms with E-state index in [1.807, 2.05) is 24.3 Å². The van der Waals surface area contributed by atoms with E-state index >= 15 is 0 Å². The zero-order chi connectivity index (χ0) is 19.2. The first kappa shape index (κ1) is 19.0. The van der Waals surface area contributed by atoms with Crippen molar-refractivity contribution in [3.63, 3.8) is 0 Å².